The molecule has 1 N–H and O–H groups in total. The van der Waals surface area contributed by atoms with Crippen LogP contribution < -0.4 is 0 Å². The van der Waals surface area contributed by atoms with Crippen molar-refractivity contribution in [1.29, 1.82) is 0 Å². The molecule has 0 radical (unpaired) electrons. The van der Waals surface area contributed by atoms with Crippen LogP contribution >= 0.6 is 0 Å². The van der Waals surface area contributed by atoms with E-state index in [9.17, 15) is 4.79 Å². The van der Waals surface area contributed by atoms with Crippen LogP contribution in [0.5, 0.6) is 0 Å². The highest BCUT2D eigenvalue weighted by molar-refractivity contribution is 5.69. The van der Waals surface area contributed by atoms with E-state index in [1.54, 1.807) is 0 Å². The maximum absolute atomic E-state index is 10.7. The molecule has 0 aliphatic carbocycles. The Morgan fingerprint density at radius 3 is 3.00 bits per heavy atom. The molecule has 2 saturated heterocycles. The van der Waals surface area contributed by atoms with E-state index < -0.39 is 5.97 Å². The second-order valence-electron chi connectivity index (χ2n) is 4.79. The zero-order valence-corrected chi connectivity index (χ0v) is 9.65. The van der Waals surface area contributed by atoms with Gasteiger partial charge in [0.1, 0.15) is 0 Å². The molecule has 2 fully saturated rings. The third-order valence-electron chi connectivity index (χ3n) is 3.54. The number of rotatable bonds is 3. The second kappa shape index (κ2) is 4.69. The number of carboxylic acids is 1. The standard InChI is InChI=1S/C11H19NO4/c1-12(7-10(13)14)9-2-4-16-11(6-9)3-5-15-8-11/h9H,2-8H2,1H3,(H,13,14). The molecular formula is C11H19NO4. The molecular weight excluding hydrogens is 210 g/mol. The van der Waals surface area contributed by atoms with Crippen molar-refractivity contribution in [2.45, 2.75) is 30.9 Å². The first kappa shape index (κ1) is 11.8. The molecule has 2 aliphatic rings. The highest BCUT2D eigenvalue weighted by atomic mass is 16.6. The van der Waals surface area contributed by atoms with E-state index in [0.717, 1.165) is 25.9 Å². The SMILES string of the molecule is CN(CC(=O)O)C1CCOC2(CCOC2)C1. The summed E-state index contributed by atoms with van der Waals surface area (Å²) in [5, 5.41) is 8.77. The summed E-state index contributed by atoms with van der Waals surface area (Å²) in [5.41, 5.74) is -0.143. The van der Waals surface area contributed by atoms with Crippen LogP contribution in [0.3, 0.4) is 0 Å². The number of carbonyl (C=O) groups is 1. The highest BCUT2D eigenvalue weighted by Crippen LogP contribution is 2.34. The molecule has 2 atom stereocenters. The van der Waals surface area contributed by atoms with E-state index in [1.807, 2.05) is 11.9 Å². The van der Waals surface area contributed by atoms with Gasteiger partial charge in [-0.2, -0.15) is 0 Å². The first-order valence-corrected chi connectivity index (χ1v) is 5.75. The molecule has 0 saturated carbocycles. The van der Waals surface area contributed by atoms with Crippen LogP contribution in [0.4, 0.5) is 0 Å². The van der Waals surface area contributed by atoms with Crippen molar-refractivity contribution in [2.24, 2.45) is 0 Å². The van der Waals surface area contributed by atoms with Crippen LogP contribution in [-0.4, -0.2) is 61.0 Å². The molecule has 0 aromatic carbocycles. The van der Waals surface area contributed by atoms with Crippen molar-refractivity contribution in [2.75, 3.05) is 33.4 Å². The summed E-state index contributed by atoms with van der Waals surface area (Å²) < 4.78 is 11.2. The molecule has 2 unspecified atom stereocenters. The normalized spacial score (nSPS) is 34.8. The monoisotopic (exact) mass is 229 g/mol. The maximum Gasteiger partial charge on any atom is 0.317 e. The summed E-state index contributed by atoms with van der Waals surface area (Å²) in [5.74, 6) is -0.772. The Hall–Kier alpha value is -0.650. The second-order valence-corrected chi connectivity index (χ2v) is 4.79. The number of hydrogen-bond donors (Lipinski definition) is 1. The molecule has 1 spiro atoms. The van der Waals surface area contributed by atoms with Gasteiger partial charge in [0.05, 0.1) is 18.8 Å². The van der Waals surface area contributed by atoms with E-state index in [0.29, 0.717) is 19.3 Å². The Bertz CT molecular complexity index is 263. The number of nitrogens with zero attached hydrogens (tertiary/aromatic N) is 1. The maximum atomic E-state index is 10.7. The third kappa shape index (κ3) is 2.53. The predicted octanol–water partition coefficient (Wildman–Crippen LogP) is 0.341. The van der Waals surface area contributed by atoms with Gasteiger partial charge in [0, 0.05) is 25.7 Å². The van der Waals surface area contributed by atoms with Crippen molar-refractivity contribution < 1.29 is 19.4 Å². The Morgan fingerprint density at radius 2 is 2.38 bits per heavy atom. The van der Waals surface area contributed by atoms with Gasteiger partial charge >= 0.3 is 5.97 Å². The quantitative estimate of drug-likeness (QED) is 0.756. The average Bonchev–Trinajstić information content (AvgIpc) is 2.65. The summed E-state index contributed by atoms with van der Waals surface area (Å²) in [6.45, 7) is 2.22. The fraction of sp³-hybridized carbons (Fsp3) is 0.909. The molecule has 0 aromatic heterocycles. The minimum absolute atomic E-state index is 0.0988. The van der Waals surface area contributed by atoms with Gasteiger partial charge < -0.3 is 14.6 Å². The molecule has 0 amide bonds. The van der Waals surface area contributed by atoms with E-state index >= 15 is 0 Å². The highest BCUT2D eigenvalue weighted by Gasteiger charge is 2.42. The lowest BCUT2D eigenvalue weighted by Crippen LogP contribution is -2.49. The van der Waals surface area contributed by atoms with Crippen molar-refractivity contribution in [1.82, 2.24) is 4.90 Å². The zero-order chi connectivity index (χ0) is 11.6. The Morgan fingerprint density at radius 1 is 1.56 bits per heavy atom. The van der Waals surface area contributed by atoms with Crippen LogP contribution in [0.1, 0.15) is 19.3 Å². The molecule has 2 rings (SSSR count). The average molecular weight is 229 g/mol. The smallest absolute Gasteiger partial charge is 0.317 e. The summed E-state index contributed by atoms with van der Waals surface area (Å²) in [6.07, 6.45) is 2.73. The molecule has 5 nitrogen and oxygen atoms in total. The first-order chi connectivity index (χ1) is 7.61. The fourth-order valence-corrected chi connectivity index (χ4v) is 2.58. The molecule has 16 heavy (non-hydrogen) atoms. The summed E-state index contributed by atoms with van der Waals surface area (Å²) >= 11 is 0. The van der Waals surface area contributed by atoms with Gasteiger partial charge in [-0.15, -0.1) is 0 Å². The lowest BCUT2D eigenvalue weighted by Gasteiger charge is -2.40. The van der Waals surface area contributed by atoms with Crippen LogP contribution in [-0.2, 0) is 14.3 Å². The topological polar surface area (TPSA) is 59.0 Å². The Labute approximate surface area is 95.3 Å². The number of carboxylic acid groups (broad SMARTS) is 1. The van der Waals surface area contributed by atoms with Crippen molar-refractivity contribution in [3.8, 4) is 0 Å². The Balaban J connectivity index is 1.93. The largest absolute Gasteiger partial charge is 0.480 e. The van der Waals surface area contributed by atoms with Crippen LogP contribution in [0.25, 0.3) is 0 Å². The first-order valence-electron chi connectivity index (χ1n) is 5.75. The molecule has 5 heteroatoms. The lowest BCUT2D eigenvalue weighted by atomic mass is 9.89. The summed E-state index contributed by atoms with van der Waals surface area (Å²) in [6, 6.07) is 0.298. The van der Waals surface area contributed by atoms with Crippen molar-refractivity contribution in [3.63, 3.8) is 0 Å². The van der Waals surface area contributed by atoms with Gasteiger partial charge in [0.25, 0.3) is 0 Å². The fourth-order valence-electron chi connectivity index (χ4n) is 2.58. The Kier molecular flexibility index (Phi) is 3.47. The molecule has 0 aromatic rings. The van der Waals surface area contributed by atoms with E-state index in [1.165, 1.54) is 0 Å². The van der Waals surface area contributed by atoms with E-state index in [-0.39, 0.29) is 12.1 Å². The van der Waals surface area contributed by atoms with E-state index in [4.69, 9.17) is 14.6 Å². The van der Waals surface area contributed by atoms with Gasteiger partial charge in [-0.25, -0.2) is 0 Å². The third-order valence-corrected chi connectivity index (χ3v) is 3.54. The summed E-state index contributed by atoms with van der Waals surface area (Å²) in [7, 11) is 1.87. The number of hydrogen-bond acceptors (Lipinski definition) is 4. The van der Waals surface area contributed by atoms with Crippen molar-refractivity contribution >= 4 is 5.97 Å². The summed E-state index contributed by atoms with van der Waals surface area (Å²) in [4.78, 5) is 12.6. The van der Waals surface area contributed by atoms with Crippen LogP contribution in [0.15, 0.2) is 0 Å². The van der Waals surface area contributed by atoms with Gasteiger partial charge in [0.15, 0.2) is 0 Å². The van der Waals surface area contributed by atoms with Gasteiger partial charge in [-0.1, -0.05) is 0 Å². The molecule has 92 valence electrons. The van der Waals surface area contributed by atoms with Gasteiger partial charge in [-0.3, -0.25) is 9.69 Å². The van der Waals surface area contributed by atoms with Gasteiger partial charge in [-0.05, 0) is 19.9 Å². The predicted molar refractivity (Wildman–Crippen MR) is 57.4 cm³/mol. The molecule has 0 bridgehead atoms. The number of aliphatic carboxylic acids is 1. The minimum Gasteiger partial charge on any atom is -0.480 e. The van der Waals surface area contributed by atoms with Crippen molar-refractivity contribution in [3.05, 3.63) is 0 Å². The van der Waals surface area contributed by atoms with Crippen LogP contribution in [0, 0.1) is 0 Å². The van der Waals surface area contributed by atoms with Crippen LogP contribution in [0.2, 0.25) is 0 Å². The minimum atomic E-state index is -0.772. The number of likely N-dealkylation sites (N-methyl/N-ethyl adjacent to an activating group) is 1. The van der Waals surface area contributed by atoms with Gasteiger partial charge in [0.2, 0.25) is 0 Å². The molecule has 2 heterocycles. The zero-order valence-electron chi connectivity index (χ0n) is 9.65. The van der Waals surface area contributed by atoms with E-state index in [2.05, 4.69) is 0 Å². The lowest BCUT2D eigenvalue weighted by molar-refractivity contribution is -0.141. The number of ether oxygens (including phenoxy) is 2. The molecule has 2 aliphatic heterocycles.